The number of nitro benzene ring substituents is 1. The molecule has 1 heterocycles. The van der Waals surface area contributed by atoms with Crippen LogP contribution in [0.25, 0.3) is 5.69 Å². The molecule has 0 saturated carbocycles. The monoisotopic (exact) mass is 408 g/mol. The molecule has 3 aromatic rings. The molecule has 154 valence electrons. The van der Waals surface area contributed by atoms with Crippen molar-refractivity contribution in [3.8, 4) is 5.69 Å². The van der Waals surface area contributed by atoms with Gasteiger partial charge in [0.15, 0.2) is 6.61 Å². The SMILES string of the molecule is Cc1nn(-c2ccccc2)c(C)c1CC(=O)OCC(=O)Nc1ccccc1[N+](=O)[O-]. The lowest BCUT2D eigenvalue weighted by Gasteiger charge is -2.08. The van der Waals surface area contributed by atoms with Gasteiger partial charge in [-0.3, -0.25) is 19.7 Å². The zero-order valence-electron chi connectivity index (χ0n) is 16.5. The summed E-state index contributed by atoms with van der Waals surface area (Å²) in [7, 11) is 0. The van der Waals surface area contributed by atoms with Crippen LogP contribution in [0.2, 0.25) is 0 Å². The Morgan fingerprint density at radius 2 is 1.77 bits per heavy atom. The third-order valence-electron chi connectivity index (χ3n) is 4.50. The molecular formula is C21H20N4O5. The minimum Gasteiger partial charge on any atom is -0.455 e. The minimum atomic E-state index is -0.661. The largest absolute Gasteiger partial charge is 0.455 e. The summed E-state index contributed by atoms with van der Waals surface area (Å²) in [5, 5.41) is 17.9. The number of amides is 1. The molecule has 0 aliphatic carbocycles. The number of nitrogens with one attached hydrogen (secondary N) is 1. The molecule has 0 atom stereocenters. The highest BCUT2D eigenvalue weighted by molar-refractivity contribution is 5.94. The first kappa shape index (κ1) is 20.7. The molecular weight excluding hydrogens is 388 g/mol. The van der Waals surface area contributed by atoms with Crippen LogP contribution in [-0.2, 0) is 20.7 Å². The second-order valence-corrected chi connectivity index (χ2v) is 6.56. The highest BCUT2D eigenvalue weighted by atomic mass is 16.6. The second-order valence-electron chi connectivity index (χ2n) is 6.56. The maximum atomic E-state index is 12.2. The van der Waals surface area contributed by atoms with Crippen molar-refractivity contribution in [3.63, 3.8) is 0 Å². The Bertz CT molecular complexity index is 1090. The van der Waals surface area contributed by atoms with E-state index >= 15 is 0 Å². The number of benzene rings is 2. The van der Waals surface area contributed by atoms with E-state index in [2.05, 4.69) is 10.4 Å². The number of nitro groups is 1. The van der Waals surface area contributed by atoms with Crippen molar-refractivity contribution in [2.24, 2.45) is 0 Å². The lowest BCUT2D eigenvalue weighted by molar-refractivity contribution is -0.383. The van der Waals surface area contributed by atoms with E-state index < -0.39 is 23.4 Å². The smallest absolute Gasteiger partial charge is 0.310 e. The standard InChI is InChI=1S/C21H20N4O5/c1-14-17(15(2)24(23-14)16-8-4-3-5-9-16)12-21(27)30-13-20(26)22-18-10-6-7-11-19(18)25(28)29/h3-11H,12-13H2,1-2H3,(H,22,26). The molecule has 1 amide bonds. The second kappa shape index (κ2) is 8.99. The first-order chi connectivity index (χ1) is 14.4. The molecule has 1 aromatic heterocycles. The van der Waals surface area contributed by atoms with E-state index in [1.54, 1.807) is 17.7 Å². The maximum absolute atomic E-state index is 12.2. The van der Waals surface area contributed by atoms with Gasteiger partial charge in [-0.1, -0.05) is 30.3 Å². The number of esters is 1. The number of nitrogens with zero attached hydrogens (tertiary/aromatic N) is 3. The number of rotatable bonds is 7. The number of para-hydroxylation sites is 3. The number of carbonyl (C=O) groups excluding carboxylic acids is 2. The van der Waals surface area contributed by atoms with Crippen molar-refractivity contribution in [2.45, 2.75) is 20.3 Å². The fourth-order valence-corrected chi connectivity index (χ4v) is 3.02. The van der Waals surface area contributed by atoms with Gasteiger partial charge in [-0.2, -0.15) is 5.10 Å². The van der Waals surface area contributed by atoms with Gasteiger partial charge in [0.05, 0.1) is 22.7 Å². The summed E-state index contributed by atoms with van der Waals surface area (Å²) in [4.78, 5) is 34.7. The van der Waals surface area contributed by atoms with E-state index in [0.717, 1.165) is 16.9 Å². The Hall–Kier alpha value is -4.01. The van der Waals surface area contributed by atoms with E-state index in [4.69, 9.17) is 4.74 Å². The average Bonchev–Trinajstić information content (AvgIpc) is 3.01. The van der Waals surface area contributed by atoms with Crippen molar-refractivity contribution in [2.75, 3.05) is 11.9 Å². The van der Waals surface area contributed by atoms with Crippen LogP contribution in [0, 0.1) is 24.0 Å². The lowest BCUT2D eigenvalue weighted by Crippen LogP contribution is -2.22. The fourth-order valence-electron chi connectivity index (χ4n) is 3.02. The van der Waals surface area contributed by atoms with Gasteiger partial charge in [-0.05, 0) is 32.0 Å². The van der Waals surface area contributed by atoms with Gasteiger partial charge in [0, 0.05) is 17.3 Å². The normalized spacial score (nSPS) is 10.5. The Balaban J connectivity index is 1.61. The molecule has 0 aliphatic heterocycles. The first-order valence-electron chi connectivity index (χ1n) is 9.16. The summed E-state index contributed by atoms with van der Waals surface area (Å²) in [6, 6.07) is 15.3. The molecule has 0 fully saturated rings. The Morgan fingerprint density at radius 3 is 2.47 bits per heavy atom. The van der Waals surface area contributed by atoms with E-state index in [0.29, 0.717) is 5.69 Å². The summed E-state index contributed by atoms with van der Waals surface area (Å²) >= 11 is 0. The van der Waals surface area contributed by atoms with Gasteiger partial charge in [-0.25, -0.2) is 4.68 Å². The van der Waals surface area contributed by atoms with Gasteiger partial charge >= 0.3 is 5.97 Å². The predicted octanol–water partition coefficient (Wildman–Crippen LogP) is 3.12. The van der Waals surface area contributed by atoms with Gasteiger partial charge < -0.3 is 10.1 Å². The molecule has 3 rings (SSSR count). The van der Waals surface area contributed by atoms with Crippen LogP contribution in [0.1, 0.15) is 17.0 Å². The molecule has 1 N–H and O–H groups in total. The van der Waals surface area contributed by atoms with Crippen LogP contribution in [0.4, 0.5) is 11.4 Å². The Labute approximate surface area is 172 Å². The van der Waals surface area contributed by atoms with E-state index in [-0.39, 0.29) is 17.8 Å². The van der Waals surface area contributed by atoms with Crippen LogP contribution in [0.3, 0.4) is 0 Å². The molecule has 0 bridgehead atoms. The number of ether oxygens (including phenoxy) is 1. The highest BCUT2D eigenvalue weighted by Gasteiger charge is 2.19. The molecule has 0 saturated heterocycles. The number of carbonyl (C=O) groups is 2. The third-order valence-corrected chi connectivity index (χ3v) is 4.50. The average molecular weight is 408 g/mol. The molecule has 9 heteroatoms. The van der Waals surface area contributed by atoms with Crippen molar-refractivity contribution in [1.29, 1.82) is 0 Å². The number of hydrogen-bond donors (Lipinski definition) is 1. The lowest BCUT2D eigenvalue weighted by atomic mass is 10.1. The number of anilines is 1. The minimum absolute atomic E-state index is 0.0384. The van der Waals surface area contributed by atoms with Gasteiger partial charge in [0.25, 0.3) is 11.6 Å². The molecule has 0 radical (unpaired) electrons. The molecule has 30 heavy (non-hydrogen) atoms. The van der Waals surface area contributed by atoms with Crippen molar-refractivity contribution < 1.29 is 19.2 Å². The topological polar surface area (TPSA) is 116 Å². The number of aromatic nitrogens is 2. The van der Waals surface area contributed by atoms with Crippen LogP contribution in [0.15, 0.2) is 54.6 Å². The first-order valence-corrected chi connectivity index (χ1v) is 9.16. The van der Waals surface area contributed by atoms with E-state index in [1.807, 2.05) is 37.3 Å². The Kier molecular flexibility index (Phi) is 6.21. The molecule has 2 aromatic carbocycles. The zero-order valence-corrected chi connectivity index (χ0v) is 16.5. The summed E-state index contributed by atoms with van der Waals surface area (Å²) < 4.78 is 6.80. The quantitative estimate of drug-likeness (QED) is 0.365. The van der Waals surface area contributed by atoms with Gasteiger partial charge in [0.2, 0.25) is 0 Å². The van der Waals surface area contributed by atoms with Crippen LogP contribution in [0.5, 0.6) is 0 Å². The molecule has 0 aliphatic rings. The maximum Gasteiger partial charge on any atom is 0.310 e. The van der Waals surface area contributed by atoms with E-state index in [9.17, 15) is 19.7 Å². The summed E-state index contributed by atoms with van der Waals surface area (Å²) in [6.45, 7) is 3.11. The number of hydrogen-bond acceptors (Lipinski definition) is 6. The van der Waals surface area contributed by atoms with Crippen LogP contribution < -0.4 is 5.32 Å². The third kappa shape index (κ3) is 4.69. The molecule has 0 spiro atoms. The van der Waals surface area contributed by atoms with Gasteiger partial charge in [-0.15, -0.1) is 0 Å². The Morgan fingerprint density at radius 1 is 1.10 bits per heavy atom. The highest BCUT2D eigenvalue weighted by Crippen LogP contribution is 2.23. The van der Waals surface area contributed by atoms with Crippen molar-refractivity contribution in [1.82, 2.24) is 9.78 Å². The van der Waals surface area contributed by atoms with Crippen molar-refractivity contribution >= 4 is 23.3 Å². The summed E-state index contributed by atoms with van der Waals surface area (Å²) in [6.07, 6.45) is -0.0384. The van der Waals surface area contributed by atoms with Gasteiger partial charge in [0.1, 0.15) is 5.69 Å². The zero-order chi connectivity index (χ0) is 21.7. The number of aryl methyl sites for hydroxylation is 1. The van der Waals surface area contributed by atoms with E-state index in [1.165, 1.54) is 18.2 Å². The summed E-state index contributed by atoms with van der Waals surface area (Å²) in [5.41, 5.74) is 2.90. The molecule has 0 unspecified atom stereocenters. The fraction of sp³-hybridized carbons (Fsp3) is 0.190. The molecule has 9 nitrogen and oxygen atoms in total. The van der Waals surface area contributed by atoms with Crippen molar-refractivity contribution in [3.05, 3.63) is 81.7 Å². The predicted molar refractivity (Wildman–Crippen MR) is 109 cm³/mol. The van der Waals surface area contributed by atoms with Crippen LogP contribution >= 0.6 is 0 Å². The summed E-state index contributed by atoms with van der Waals surface area (Å²) in [5.74, 6) is -1.25. The van der Waals surface area contributed by atoms with Crippen LogP contribution in [-0.4, -0.2) is 33.2 Å².